The number of piperidine rings is 1. The van der Waals surface area contributed by atoms with Crippen LogP contribution >= 0.6 is 0 Å². The lowest BCUT2D eigenvalue weighted by molar-refractivity contribution is -0.120. The molecule has 1 saturated heterocycles. The highest BCUT2D eigenvalue weighted by molar-refractivity contribution is 5.60. The first-order valence-electron chi connectivity index (χ1n) is 7.73. The molecule has 18 heavy (non-hydrogen) atoms. The number of aldehydes is 1. The summed E-state index contributed by atoms with van der Waals surface area (Å²) in [6.45, 7) is 10.4. The molecule has 0 radical (unpaired) electrons. The molecule has 1 aliphatic heterocycles. The number of nitrogens with zero attached hydrogens (tertiary/aromatic N) is 1. The molecule has 2 fully saturated rings. The van der Waals surface area contributed by atoms with Gasteiger partial charge in [-0.15, -0.1) is 0 Å². The Morgan fingerprint density at radius 2 is 2.00 bits per heavy atom. The van der Waals surface area contributed by atoms with Crippen LogP contribution in [-0.4, -0.2) is 30.8 Å². The molecular weight excluding hydrogens is 222 g/mol. The molecule has 2 nitrogen and oxygen atoms in total. The fourth-order valence-electron chi connectivity index (χ4n) is 3.93. The van der Waals surface area contributed by atoms with E-state index < -0.39 is 0 Å². The second-order valence-electron chi connectivity index (χ2n) is 7.16. The van der Waals surface area contributed by atoms with Gasteiger partial charge in [0.15, 0.2) is 0 Å². The maximum Gasteiger partial charge on any atom is 0.127 e. The summed E-state index contributed by atoms with van der Waals surface area (Å²) in [5.41, 5.74) is -0.0298. The molecule has 1 saturated carbocycles. The van der Waals surface area contributed by atoms with Crippen LogP contribution in [0.1, 0.15) is 52.9 Å². The molecule has 2 aliphatic rings. The predicted molar refractivity (Wildman–Crippen MR) is 75.5 cm³/mol. The summed E-state index contributed by atoms with van der Waals surface area (Å²) < 4.78 is 0. The van der Waals surface area contributed by atoms with Gasteiger partial charge in [-0.2, -0.15) is 0 Å². The SMILES string of the molecule is CC1CCCC(C=O)(CN2CCC(C)C(C)C2)C1. The topological polar surface area (TPSA) is 20.3 Å². The Kier molecular flexibility index (Phi) is 4.47. The summed E-state index contributed by atoms with van der Waals surface area (Å²) in [4.78, 5) is 14.2. The van der Waals surface area contributed by atoms with Crippen LogP contribution < -0.4 is 0 Å². The van der Waals surface area contributed by atoms with Gasteiger partial charge in [0.1, 0.15) is 6.29 Å². The quantitative estimate of drug-likeness (QED) is 0.717. The Labute approximate surface area is 112 Å². The smallest absolute Gasteiger partial charge is 0.127 e. The molecule has 0 spiro atoms. The lowest BCUT2D eigenvalue weighted by Crippen LogP contribution is -2.46. The molecule has 0 aromatic carbocycles. The largest absolute Gasteiger partial charge is 0.303 e. The first kappa shape index (κ1) is 14.0. The molecule has 104 valence electrons. The molecule has 1 heterocycles. The van der Waals surface area contributed by atoms with E-state index in [1.165, 1.54) is 38.6 Å². The molecule has 0 N–H and O–H groups in total. The highest BCUT2D eigenvalue weighted by atomic mass is 16.1. The molecule has 1 aliphatic carbocycles. The van der Waals surface area contributed by atoms with Crippen molar-refractivity contribution >= 4 is 6.29 Å². The molecule has 0 aromatic rings. The first-order chi connectivity index (χ1) is 8.54. The van der Waals surface area contributed by atoms with E-state index in [1.807, 2.05) is 0 Å². The Hall–Kier alpha value is -0.370. The van der Waals surface area contributed by atoms with E-state index in [2.05, 4.69) is 25.7 Å². The van der Waals surface area contributed by atoms with Gasteiger partial charge in [-0.05, 0) is 43.6 Å². The van der Waals surface area contributed by atoms with Gasteiger partial charge >= 0.3 is 0 Å². The summed E-state index contributed by atoms with van der Waals surface area (Å²) in [6, 6.07) is 0. The van der Waals surface area contributed by atoms with Crippen molar-refractivity contribution < 1.29 is 4.79 Å². The van der Waals surface area contributed by atoms with Crippen molar-refractivity contribution in [3.8, 4) is 0 Å². The number of likely N-dealkylation sites (tertiary alicyclic amines) is 1. The third-order valence-electron chi connectivity index (χ3n) is 5.33. The molecule has 2 rings (SSSR count). The number of hydrogen-bond acceptors (Lipinski definition) is 2. The summed E-state index contributed by atoms with van der Waals surface area (Å²) >= 11 is 0. The Morgan fingerprint density at radius 1 is 1.22 bits per heavy atom. The second-order valence-corrected chi connectivity index (χ2v) is 7.16. The minimum absolute atomic E-state index is 0.0298. The summed E-state index contributed by atoms with van der Waals surface area (Å²) in [7, 11) is 0. The van der Waals surface area contributed by atoms with Crippen LogP contribution in [0.15, 0.2) is 0 Å². The van der Waals surface area contributed by atoms with Gasteiger partial charge in [-0.3, -0.25) is 0 Å². The molecule has 0 bridgehead atoms. The number of carbonyl (C=O) groups is 1. The van der Waals surface area contributed by atoms with E-state index in [0.29, 0.717) is 0 Å². The van der Waals surface area contributed by atoms with E-state index in [1.54, 1.807) is 0 Å². The van der Waals surface area contributed by atoms with Gasteiger partial charge in [-0.1, -0.05) is 33.6 Å². The lowest BCUT2D eigenvalue weighted by atomic mass is 9.70. The van der Waals surface area contributed by atoms with Crippen molar-refractivity contribution in [3.05, 3.63) is 0 Å². The lowest BCUT2D eigenvalue weighted by Gasteiger charge is -2.43. The van der Waals surface area contributed by atoms with Crippen molar-refractivity contribution in [3.63, 3.8) is 0 Å². The number of hydrogen-bond donors (Lipinski definition) is 0. The minimum atomic E-state index is -0.0298. The molecule has 4 unspecified atom stereocenters. The molecule has 0 aromatic heterocycles. The van der Waals surface area contributed by atoms with Gasteiger partial charge in [0.05, 0.1) is 0 Å². The fraction of sp³-hybridized carbons (Fsp3) is 0.938. The van der Waals surface area contributed by atoms with Crippen molar-refractivity contribution in [2.24, 2.45) is 23.2 Å². The number of rotatable bonds is 3. The van der Waals surface area contributed by atoms with Gasteiger partial charge in [0, 0.05) is 18.5 Å². The van der Waals surface area contributed by atoms with E-state index in [0.717, 1.165) is 37.1 Å². The van der Waals surface area contributed by atoms with E-state index in [9.17, 15) is 4.79 Å². The van der Waals surface area contributed by atoms with E-state index in [4.69, 9.17) is 0 Å². The third-order valence-corrected chi connectivity index (χ3v) is 5.33. The maximum atomic E-state index is 11.6. The van der Waals surface area contributed by atoms with Crippen LogP contribution in [0.5, 0.6) is 0 Å². The molecule has 2 heteroatoms. The van der Waals surface area contributed by atoms with Crippen LogP contribution in [0.2, 0.25) is 0 Å². The van der Waals surface area contributed by atoms with E-state index in [-0.39, 0.29) is 5.41 Å². The minimum Gasteiger partial charge on any atom is -0.303 e. The highest BCUT2D eigenvalue weighted by Gasteiger charge is 2.37. The zero-order valence-corrected chi connectivity index (χ0v) is 12.3. The van der Waals surface area contributed by atoms with Gasteiger partial charge in [-0.25, -0.2) is 0 Å². The summed E-state index contributed by atoms with van der Waals surface area (Å²) in [5, 5.41) is 0. The van der Waals surface area contributed by atoms with Gasteiger partial charge in [0.25, 0.3) is 0 Å². The van der Waals surface area contributed by atoms with Crippen LogP contribution in [0.3, 0.4) is 0 Å². The van der Waals surface area contributed by atoms with E-state index >= 15 is 0 Å². The first-order valence-corrected chi connectivity index (χ1v) is 7.73. The average molecular weight is 251 g/mol. The zero-order chi connectivity index (χ0) is 13.2. The van der Waals surface area contributed by atoms with Crippen LogP contribution in [0.25, 0.3) is 0 Å². The van der Waals surface area contributed by atoms with Gasteiger partial charge in [0.2, 0.25) is 0 Å². The van der Waals surface area contributed by atoms with Crippen LogP contribution in [0.4, 0.5) is 0 Å². The third kappa shape index (κ3) is 3.14. The number of carbonyl (C=O) groups excluding carboxylic acids is 1. The molecule has 0 amide bonds. The Balaban J connectivity index is 1.95. The standard InChI is InChI=1S/C16H29NO/c1-13-5-4-7-16(9-13,12-18)11-17-8-6-14(2)15(3)10-17/h12-15H,4-11H2,1-3H3. The Bertz CT molecular complexity index is 291. The van der Waals surface area contributed by atoms with Gasteiger partial charge < -0.3 is 9.69 Å². The normalized spacial score (nSPS) is 42.7. The summed E-state index contributed by atoms with van der Waals surface area (Å²) in [5.74, 6) is 2.35. The second kappa shape index (κ2) is 5.73. The van der Waals surface area contributed by atoms with Crippen LogP contribution in [-0.2, 0) is 4.79 Å². The highest BCUT2D eigenvalue weighted by Crippen LogP contribution is 2.39. The maximum absolute atomic E-state index is 11.6. The fourth-order valence-corrected chi connectivity index (χ4v) is 3.93. The average Bonchev–Trinajstić information content (AvgIpc) is 2.34. The predicted octanol–water partition coefficient (Wildman–Crippen LogP) is 3.36. The molecule has 4 atom stereocenters. The Morgan fingerprint density at radius 3 is 2.61 bits per heavy atom. The molecular formula is C16H29NO. The summed E-state index contributed by atoms with van der Waals surface area (Å²) in [6.07, 6.45) is 7.35. The van der Waals surface area contributed by atoms with Crippen molar-refractivity contribution in [1.29, 1.82) is 0 Å². The zero-order valence-electron chi connectivity index (χ0n) is 12.3. The van der Waals surface area contributed by atoms with Crippen molar-refractivity contribution in [2.45, 2.75) is 52.9 Å². The van der Waals surface area contributed by atoms with Crippen molar-refractivity contribution in [1.82, 2.24) is 4.90 Å². The van der Waals surface area contributed by atoms with Crippen LogP contribution in [0, 0.1) is 23.2 Å². The monoisotopic (exact) mass is 251 g/mol. The van der Waals surface area contributed by atoms with Crippen molar-refractivity contribution in [2.75, 3.05) is 19.6 Å².